The summed E-state index contributed by atoms with van der Waals surface area (Å²) in [7, 11) is -4.26. The van der Waals surface area contributed by atoms with E-state index in [2.05, 4.69) is 97.5 Å². The van der Waals surface area contributed by atoms with E-state index in [0.29, 0.717) is 84.3 Å². The largest absolute Gasteiger partial charge is 1.00 e. The van der Waals surface area contributed by atoms with Crippen LogP contribution in [0.3, 0.4) is 0 Å². The van der Waals surface area contributed by atoms with E-state index in [4.69, 9.17) is 64.2 Å². The fourth-order valence-corrected chi connectivity index (χ4v) is 12.0. The predicted octanol–water partition coefficient (Wildman–Crippen LogP) is 12.1. The van der Waals surface area contributed by atoms with E-state index >= 15 is 0 Å². The molecule has 2 heterocycles. The van der Waals surface area contributed by atoms with Crippen molar-refractivity contribution in [2.24, 2.45) is 29.4 Å². The third kappa shape index (κ3) is 55.3. The number of phenolic OH excluding ortho intramolecular Hbond substituents is 1. The summed E-state index contributed by atoms with van der Waals surface area (Å²) in [4.78, 5) is 62.9. The number of phenols is 1. The average molecular weight is 2200 g/mol. The second-order valence-electron chi connectivity index (χ2n) is 25.2. The molecule has 0 aromatic heterocycles. The van der Waals surface area contributed by atoms with E-state index in [9.17, 15) is 52.4 Å². The molecular weight excluding hydrogens is 2070 g/mol. The van der Waals surface area contributed by atoms with Crippen molar-refractivity contribution >= 4 is 125 Å². The van der Waals surface area contributed by atoms with Crippen molar-refractivity contribution in [1.29, 1.82) is 0 Å². The normalized spacial score (nSPS) is 12.2. The Bertz CT molecular complexity index is 3200. The van der Waals surface area contributed by atoms with Crippen LogP contribution in [-0.2, 0) is 24.0 Å². The molecule has 0 fully saturated rings. The molecule has 0 unspecified atom stereocenters. The fourth-order valence-electron chi connectivity index (χ4n) is 11.6. The van der Waals surface area contributed by atoms with E-state index in [1.165, 1.54) is 68.4 Å². The van der Waals surface area contributed by atoms with Crippen molar-refractivity contribution < 1.29 is 232 Å². The van der Waals surface area contributed by atoms with Gasteiger partial charge in [0, 0.05) is 63.5 Å². The zero-order valence-corrected chi connectivity index (χ0v) is 89.0. The molecule has 111 heavy (non-hydrogen) atoms. The number of rotatable bonds is 38. The van der Waals surface area contributed by atoms with Crippen LogP contribution in [-0.4, -0.2) is 150 Å². The molecule has 0 saturated heterocycles. The van der Waals surface area contributed by atoms with Crippen LogP contribution >= 0.6 is 84.4 Å². The van der Waals surface area contributed by atoms with Crippen LogP contribution < -0.4 is 158 Å². The molecule has 4 amide bonds. The van der Waals surface area contributed by atoms with Crippen molar-refractivity contribution in [2.45, 2.75) is 203 Å². The number of imide groups is 2. The van der Waals surface area contributed by atoms with Gasteiger partial charge in [-0.15, -0.1) is 47.2 Å². The van der Waals surface area contributed by atoms with Gasteiger partial charge in [-0.3, -0.25) is 42.3 Å². The Morgan fingerprint density at radius 2 is 0.802 bits per heavy atom. The second kappa shape index (κ2) is 79.5. The van der Waals surface area contributed by atoms with Crippen LogP contribution in [0.25, 0.3) is 0 Å². The molecule has 8 N–H and O–H groups in total. The van der Waals surface area contributed by atoms with Crippen LogP contribution in [0.5, 0.6) is 17.2 Å². The molecule has 0 bridgehead atoms. The first-order valence-corrected chi connectivity index (χ1v) is 46.3. The Labute approximate surface area is 834 Å². The average Bonchev–Trinajstić information content (AvgIpc) is 1.65. The number of aromatic hydroxyl groups is 1. The van der Waals surface area contributed by atoms with Crippen molar-refractivity contribution in [3.8, 4) is 17.2 Å². The number of amides is 4. The molecule has 0 saturated carbocycles. The summed E-state index contributed by atoms with van der Waals surface area (Å²) in [6.07, 6.45) is 18.5. The number of carbonyl (C=O) groups excluding carboxylic acids is 5. The number of alkyl halides is 3. The standard InChI is InChI=1S/C25H31NO4.C17H15NO4.C17H29NO2.C9H20O3S.C8H18O.C2H6O.CH2Cl2.CH3F.CH2O3.2Cs.I2.HI.H/c1-3-8-18(9-4-2)17-30-20-11-7-10-19(16-20)23(27)14-15-26-24(28)21-12-5-6-13-22(21)25(26)29;19-12-5-3-4-11(10-12)15(20)8-9-18-16(21)13-6-1-2-7-14(13)17(18)22;1-3-6-14(7-4-2)13-20-16-9-5-8-15(12-16)17(19)10-11-18;1-4-6-9(7-5-2)8-12-13(3,10)11;1-3-5-8(7-9)6-4-2;1-2-3;2-1-3;1-2;2-1-4-3;;;1-2;;/h5-7,10-13,16,18,23,27H,3-4,8-9,14-15,17H2,1-2H3;1-7,10,15,19-20H,8-9H2;5,8-9,12,14,17,19H,3-4,6-7,10-11,13,18H2,1-2H3;9H,4-8H2,1-3H3;8-9H,3-7H2,1-2H3;3H,2H2,1H3;1H2;1H3;1,3H;;;;1H;/q;;;;;;;;;2*+1;;;-1/p-1/t23-;15-;17-;;;;;;;;;;;/m111.........../s1/i;;;;;;;1D;;;;;;. The van der Waals surface area contributed by atoms with Crippen molar-refractivity contribution in [3.05, 3.63) is 160 Å². The zero-order valence-electron chi connectivity index (χ0n) is 69.4. The first-order chi connectivity index (χ1) is 52.3. The monoisotopic (exact) mass is 2200 g/mol. The van der Waals surface area contributed by atoms with E-state index in [-0.39, 0.29) is 237 Å². The van der Waals surface area contributed by atoms with Crippen molar-refractivity contribution in [3.63, 3.8) is 0 Å². The summed E-state index contributed by atoms with van der Waals surface area (Å²) < 4.78 is 53.6. The maximum absolute atomic E-state index is 12.5. The smallest absolute Gasteiger partial charge is 1.00 e. The van der Waals surface area contributed by atoms with Crippen molar-refractivity contribution in [2.75, 3.05) is 71.4 Å². The summed E-state index contributed by atoms with van der Waals surface area (Å²) in [5.41, 5.74) is 9.31. The van der Waals surface area contributed by atoms with Gasteiger partial charge in [0.1, 0.15) is 17.2 Å². The summed E-state index contributed by atoms with van der Waals surface area (Å²) in [6.45, 7) is 22.0. The van der Waals surface area contributed by atoms with E-state index in [1.807, 2.05) is 48.5 Å². The molecule has 2 aliphatic rings. The third-order valence-corrected chi connectivity index (χ3v) is 17.1. The number of fused-ring (bicyclic) bond motifs is 2. The van der Waals surface area contributed by atoms with Crippen LogP contribution in [0.15, 0.2) is 121 Å². The Hall–Kier alpha value is -0.316. The maximum Gasteiger partial charge on any atom is 1.00 e. The first kappa shape index (κ1) is 119. The number of aliphatic hydroxyl groups is 5. The number of aliphatic hydroxyl groups excluding tert-OH is 5. The molecule has 0 aliphatic carbocycles. The number of halogens is 6. The number of nitrogens with zero attached hydrogens (tertiary/aromatic N) is 2. The van der Waals surface area contributed by atoms with Crippen LogP contribution in [0, 0.1) is 23.7 Å². The fraction of sp³-hybridized carbons (Fsp3) is 0.568. The topological polar surface area (TPSA) is 333 Å². The summed E-state index contributed by atoms with van der Waals surface area (Å²) >= 11 is 13.8. The molecule has 21 nitrogen and oxygen atoms in total. The van der Waals surface area contributed by atoms with Crippen LogP contribution in [0.4, 0.5) is 4.39 Å². The second-order valence-corrected chi connectivity index (χ2v) is 27.7. The van der Waals surface area contributed by atoms with E-state index < -0.39 is 35.6 Å². The predicted molar refractivity (Wildman–Crippen MR) is 463 cm³/mol. The van der Waals surface area contributed by atoms with Gasteiger partial charge < -0.3 is 57.4 Å². The Balaban J connectivity index is -0.000000244. The van der Waals surface area contributed by atoms with E-state index in [0.717, 1.165) is 91.8 Å². The van der Waals surface area contributed by atoms with Gasteiger partial charge in [0.05, 0.1) is 80.5 Å². The Morgan fingerprint density at radius 1 is 0.532 bits per heavy atom. The quantitative estimate of drug-likeness (QED) is 0.00367. The summed E-state index contributed by atoms with van der Waals surface area (Å²) in [5.74, 6) is 2.54. The molecule has 0 radical (unpaired) electrons. The molecule has 3 atom stereocenters. The van der Waals surface area contributed by atoms with Gasteiger partial charge >= 0.3 is 138 Å². The number of carbonyl (C=O) groups is 5. The van der Waals surface area contributed by atoms with Gasteiger partial charge in [-0.2, -0.15) is 8.42 Å². The molecule has 7 rings (SSSR count). The third-order valence-electron chi connectivity index (χ3n) is 16.6. The zero-order chi connectivity index (χ0) is 83.0. The molecule has 2 aliphatic heterocycles. The maximum atomic E-state index is 12.5. The minimum Gasteiger partial charge on any atom is -1.00 e. The number of hydrogen-bond donors (Lipinski definition) is 7. The summed E-state index contributed by atoms with van der Waals surface area (Å²) in [6, 6.07) is 35.0. The van der Waals surface area contributed by atoms with E-state index in [1.54, 1.807) is 67.6 Å². The number of ether oxygens (including phenoxy) is 2. The molecule has 624 valence electrons. The number of hydrogen-bond acceptors (Lipinski definition) is 19. The van der Waals surface area contributed by atoms with Crippen LogP contribution in [0.2, 0.25) is 0 Å². The number of benzene rings is 5. The molecule has 30 heteroatoms. The van der Waals surface area contributed by atoms with Crippen molar-refractivity contribution in [1.82, 2.24) is 9.80 Å². The minimum absolute atomic E-state index is 0. The SMILES string of the molecule is CCCC(CCC)COS(C)(=O)=O.CCCC(CCC)COc1cccc([C@H](O)CCN)c1.CCCC(CCC)COc1cccc([C@H](O)CCN2C(=O)c3ccccc3C2=O)c1.CCCC(CO)CCC.CCO.ClCCl.I.II.O=C1c2ccccc2C(=O)N1CC[C@@H](O)c1cccc(O)c1.O=CO[O-].[2H]CF.[Cs+].[Cs+].[H-]. The Kier molecular flexibility index (Phi) is 85.4. The molecule has 0 spiro atoms. The van der Waals surface area contributed by atoms with Crippen LogP contribution in [0.1, 0.15) is 264 Å². The minimum atomic E-state index is -3.26. The van der Waals surface area contributed by atoms with Gasteiger partial charge in [-0.05, 0) is 185 Å². The molecule has 5 aromatic rings. The van der Waals surface area contributed by atoms with Gasteiger partial charge in [0.2, 0.25) is 0 Å². The van der Waals surface area contributed by atoms with Gasteiger partial charge in [0.15, 0.2) is 0 Å². The Morgan fingerprint density at radius 3 is 1.06 bits per heavy atom. The first-order valence-electron chi connectivity index (χ1n) is 37.8. The van der Waals surface area contributed by atoms with Gasteiger partial charge in [-0.1, -0.05) is 167 Å². The summed E-state index contributed by atoms with van der Waals surface area (Å²) in [5, 5.41) is 65.1. The number of nitrogens with two attached hydrogens (primary N) is 1. The van der Waals surface area contributed by atoms with Gasteiger partial charge in [-0.25, -0.2) is 0 Å². The molecule has 5 aromatic carbocycles. The molecular formula is C81H127Cl2Cs2FI3N3O18S. The van der Waals surface area contributed by atoms with Gasteiger partial charge in [0.25, 0.3) is 40.2 Å².